The Morgan fingerprint density at radius 1 is 1.28 bits per heavy atom. The van der Waals surface area contributed by atoms with Crippen LogP contribution < -0.4 is 0 Å². The van der Waals surface area contributed by atoms with Crippen molar-refractivity contribution < 1.29 is 18.7 Å². The van der Waals surface area contributed by atoms with Crippen LogP contribution in [0.3, 0.4) is 0 Å². The number of methoxy groups -OCH3 is 1. The number of amides is 1. The Labute approximate surface area is 147 Å². The van der Waals surface area contributed by atoms with E-state index < -0.39 is 0 Å². The predicted molar refractivity (Wildman–Crippen MR) is 91.2 cm³/mol. The van der Waals surface area contributed by atoms with Gasteiger partial charge in [0, 0.05) is 25.6 Å². The lowest BCUT2D eigenvalue weighted by molar-refractivity contribution is -0.146. The monoisotopic (exact) mass is 348 g/mol. The van der Waals surface area contributed by atoms with Gasteiger partial charge in [-0.1, -0.05) is 12.1 Å². The summed E-state index contributed by atoms with van der Waals surface area (Å²) in [6.45, 7) is 1.94. The van der Waals surface area contributed by atoms with Crippen molar-refractivity contribution in [2.45, 2.75) is 50.7 Å². The highest BCUT2D eigenvalue weighted by Gasteiger charge is 2.37. The van der Waals surface area contributed by atoms with E-state index in [1.54, 1.807) is 11.0 Å². The van der Waals surface area contributed by atoms with Gasteiger partial charge >= 0.3 is 5.97 Å². The number of esters is 1. The van der Waals surface area contributed by atoms with E-state index in [0.29, 0.717) is 19.5 Å². The topological polar surface area (TPSA) is 49.9 Å². The van der Waals surface area contributed by atoms with Gasteiger partial charge in [0.2, 0.25) is 5.91 Å². The molecule has 25 heavy (non-hydrogen) atoms. The van der Waals surface area contributed by atoms with Crippen LogP contribution in [0.15, 0.2) is 24.3 Å². The molecule has 0 N–H and O–H groups in total. The summed E-state index contributed by atoms with van der Waals surface area (Å²) in [6.07, 6.45) is 3.85. The molecule has 2 aliphatic heterocycles. The average molecular weight is 348 g/mol. The van der Waals surface area contributed by atoms with Crippen molar-refractivity contribution in [2.75, 3.05) is 20.2 Å². The van der Waals surface area contributed by atoms with Crippen LogP contribution in [0.1, 0.15) is 37.7 Å². The molecule has 0 saturated carbocycles. The third-order valence-electron chi connectivity index (χ3n) is 5.28. The van der Waals surface area contributed by atoms with Gasteiger partial charge in [-0.3, -0.25) is 14.5 Å². The first kappa shape index (κ1) is 17.9. The van der Waals surface area contributed by atoms with Crippen LogP contribution in [0.5, 0.6) is 0 Å². The number of hydrogen-bond donors (Lipinski definition) is 0. The van der Waals surface area contributed by atoms with Crippen LogP contribution in [0.25, 0.3) is 0 Å². The number of carbonyl (C=O) groups is 2. The van der Waals surface area contributed by atoms with Crippen molar-refractivity contribution in [3.8, 4) is 0 Å². The number of ether oxygens (including phenoxy) is 1. The van der Waals surface area contributed by atoms with Gasteiger partial charge < -0.3 is 9.64 Å². The molecule has 6 heteroatoms. The SMILES string of the molecule is COC(=O)[C@@H]1CCCN1C1CCC(=O)N(Cc2cccc(F)c2)CC1. The molecule has 3 rings (SSSR count). The Morgan fingerprint density at radius 3 is 2.88 bits per heavy atom. The predicted octanol–water partition coefficient (Wildman–Crippen LogP) is 2.34. The molecule has 1 amide bonds. The van der Waals surface area contributed by atoms with Crippen molar-refractivity contribution >= 4 is 11.9 Å². The van der Waals surface area contributed by atoms with Crippen LogP contribution in [-0.4, -0.2) is 54.0 Å². The molecule has 0 spiro atoms. The lowest BCUT2D eigenvalue weighted by atomic mass is 10.1. The summed E-state index contributed by atoms with van der Waals surface area (Å²) in [7, 11) is 1.43. The number of likely N-dealkylation sites (tertiary alicyclic amines) is 2. The molecular weight excluding hydrogens is 323 g/mol. The Kier molecular flexibility index (Phi) is 5.68. The minimum Gasteiger partial charge on any atom is -0.468 e. The molecule has 2 fully saturated rings. The first-order chi connectivity index (χ1) is 12.1. The zero-order valence-corrected chi connectivity index (χ0v) is 14.6. The molecule has 5 nitrogen and oxygen atoms in total. The van der Waals surface area contributed by atoms with Gasteiger partial charge in [0.25, 0.3) is 0 Å². The third kappa shape index (κ3) is 4.18. The maximum absolute atomic E-state index is 13.4. The summed E-state index contributed by atoms with van der Waals surface area (Å²) in [4.78, 5) is 28.5. The van der Waals surface area contributed by atoms with Crippen molar-refractivity contribution in [3.63, 3.8) is 0 Å². The number of benzene rings is 1. The summed E-state index contributed by atoms with van der Waals surface area (Å²) in [5, 5.41) is 0. The van der Waals surface area contributed by atoms with E-state index >= 15 is 0 Å². The molecule has 0 aliphatic carbocycles. The summed E-state index contributed by atoms with van der Waals surface area (Å²) in [6, 6.07) is 6.42. The van der Waals surface area contributed by atoms with Crippen molar-refractivity contribution in [1.29, 1.82) is 0 Å². The van der Waals surface area contributed by atoms with Gasteiger partial charge in [0.15, 0.2) is 0 Å². The quantitative estimate of drug-likeness (QED) is 0.784. The molecule has 1 aromatic carbocycles. The molecule has 0 bridgehead atoms. The lowest BCUT2D eigenvalue weighted by Crippen LogP contribution is -2.44. The molecule has 0 radical (unpaired) electrons. The normalized spacial score (nSPS) is 25.0. The molecule has 2 saturated heterocycles. The molecule has 1 unspecified atom stereocenters. The van der Waals surface area contributed by atoms with E-state index in [1.807, 2.05) is 6.07 Å². The van der Waals surface area contributed by atoms with Crippen molar-refractivity contribution in [2.24, 2.45) is 0 Å². The third-order valence-corrected chi connectivity index (χ3v) is 5.28. The van der Waals surface area contributed by atoms with Crippen LogP contribution in [0, 0.1) is 5.82 Å². The van der Waals surface area contributed by atoms with Gasteiger partial charge in [0.05, 0.1) is 7.11 Å². The van der Waals surface area contributed by atoms with Crippen molar-refractivity contribution in [3.05, 3.63) is 35.6 Å². The maximum atomic E-state index is 13.4. The van der Waals surface area contributed by atoms with Gasteiger partial charge in [-0.25, -0.2) is 4.39 Å². The fourth-order valence-corrected chi connectivity index (χ4v) is 3.99. The molecule has 136 valence electrons. The minimum absolute atomic E-state index is 0.0978. The summed E-state index contributed by atoms with van der Waals surface area (Å²) in [5.41, 5.74) is 0.806. The second-order valence-corrected chi connectivity index (χ2v) is 6.85. The lowest BCUT2D eigenvalue weighted by Gasteiger charge is -2.31. The number of halogens is 1. The van der Waals surface area contributed by atoms with E-state index in [0.717, 1.165) is 37.8 Å². The van der Waals surface area contributed by atoms with Gasteiger partial charge in [-0.2, -0.15) is 0 Å². The Balaban J connectivity index is 1.64. The molecular formula is C19H25FN2O3. The zero-order chi connectivity index (χ0) is 17.8. The van der Waals surface area contributed by atoms with E-state index in [2.05, 4.69) is 4.90 Å². The number of rotatable bonds is 4. The maximum Gasteiger partial charge on any atom is 0.323 e. The fourth-order valence-electron chi connectivity index (χ4n) is 3.99. The highest BCUT2D eigenvalue weighted by atomic mass is 19.1. The van der Waals surface area contributed by atoms with E-state index in [4.69, 9.17) is 4.74 Å². The highest BCUT2D eigenvalue weighted by Crippen LogP contribution is 2.27. The Morgan fingerprint density at radius 2 is 2.12 bits per heavy atom. The summed E-state index contributed by atoms with van der Waals surface area (Å²) in [5.74, 6) is -0.360. The first-order valence-corrected chi connectivity index (χ1v) is 8.94. The van der Waals surface area contributed by atoms with Gasteiger partial charge in [-0.15, -0.1) is 0 Å². The number of hydrogen-bond acceptors (Lipinski definition) is 4. The average Bonchev–Trinajstić information content (AvgIpc) is 3.02. The van der Waals surface area contributed by atoms with Crippen LogP contribution in [0.4, 0.5) is 4.39 Å². The zero-order valence-electron chi connectivity index (χ0n) is 14.6. The molecule has 2 heterocycles. The van der Waals surface area contributed by atoms with Crippen LogP contribution in [0.2, 0.25) is 0 Å². The highest BCUT2D eigenvalue weighted by molar-refractivity contribution is 5.77. The largest absolute Gasteiger partial charge is 0.468 e. The van der Waals surface area contributed by atoms with Gasteiger partial charge in [-0.05, 0) is 49.9 Å². The molecule has 2 atom stereocenters. The number of nitrogens with zero attached hydrogens (tertiary/aromatic N) is 2. The summed E-state index contributed by atoms with van der Waals surface area (Å²) >= 11 is 0. The molecule has 0 aromatic heterocycles. The molecule has 2 aliphatic rings. The number of carbonyl (C=O) groups excluding carboxylic acids is 2. The Bertz CT molecular complexity index is 637. The van der Waals surface area contributed by atoms with E-state index in [-0.39, 0.29) is 29.8 Å². The van der Waals surface area contributed by atoms with E-state index in [1.165, 1.54) is 19.2 Å². The Hall–Kier alpha value is -1.95. The minimum atomic E-state index is -0.282. The van der Waals surface area contributed by atoms with E-state index in [9.17, 15) is 14.0 Å². The first-order valence-electron chi connectivity index (χ1n) is 8.94. The second-order valence-electron chi connectivity index (χ2n) is 6.85. The molecule has 1 aromatic rings. The second kappa shape index (κ2) is 7.95. The van der Waals surface area contributed by atoms with Gasteiger partial charge in [0.1, 0.15) is 11.9 Å². The van der Waals surface area contributed by atoms with Crippen LogP contribution >= 0.6 is 0 Å². The van der Waals surface area contributed by atoms with Crippen molar-refractivity contribution in [1.82, 2.24) is 9.80 Å². The summed E-state index contributed by atoms with van der Waals surface area (Å²) < 4.78 is 18.3. The van der Waals surface area contributed by atoms with Crippen LogP contribution in [-0.2, 0) is 20.9 Å². The smallest absolute Gasteiger partial charge is 0.323 e. The fraction of sp³-hybridized carbons (Fsp3) is 0.579. The standard InChI is InChI=1S/C19H25FN2O3/c1-25-19(24)17-6-3-10-22(17)16-7-8-18(23)21(11-9-16)13-14-4-2-5-15(20)12-14/h2,4-5,12,16-17H,3,6-11,13H2,1H3/t16?,17-/m0/s1.